The van der Waals surface area contributed by atoms with Gasteiger partial charge in [0.25, 0.3) is 5.91 Å². The van der Waals surface area contributed by atoms with E-state index in [0.29, 0.717) is 24.2 Å². The number of amides is 2. The van der Waals surface area contributed by atoms with Crippen LogP contribution in [0.4, 0.5) is 5.69 Å². The third-order valence-electron chi connectivity index (χ3n) is 5.14. The van der Waals surface area contributed by atoms with Gasteiger partial charge in [-0.25, -0.2) is 0 Å². The van der Waals surface area contributed by atoms with E-state index in [1.54, 1.807) is 24.3 Å². The molecule has 28 heavy (non-hydrogen) atoms. The monoisotopic (exact) mass is 401 g/mol. The predicted molar refractivity (Wildman–Crippen MR) is 115 cm³/mol. The number of nitrogens with one attached hydrogen (secondary N) is 2. The van der Waals surface area contributed by atoms with Crippen LogP contribution in [-0.2, 0) is 11.2 Å². The van der Waals surface area contributed by atoms with E-state index in [0.717, 1.165) is 25.7 Å². The Morgan fingerprint density at radius 1 is 1.00 bits per heavy atom. The number of carbonyl (C=O) groups excluding carboxylic acids is 2. The molecule has 2 aromatic rings. The molecule has 1 fully saturated rings. The fourth-order valence-corrected chi connectivity index (χ4v) is 3.54. The van der Waals surface area contributed by atoms with Crippen molar-refractivity contribution in [2.75, 3.05) is 11.9 Å². The van der Waals surface area contributed by atoms with Crippen molar-refractivity contribution in [1.82, 2.24) is 5.32 Å². The quantitative estimate of drug-likeness (QED) is 0.663. The van der Waals surface area contributed by atoms with Crippen LogP contribution in [0.5, 0.6) is 0 Å². The van der Waals surface area contributed by atoms with Gasteiger partial charge in [-0.05, 0) is 55.0 Å². The Bertz CT molecular complexity index is 765. The molecule has 3 rings (SSSR count). The normalized spacial score (nSPS) is 18.2. The van der Waals surface area contributed by atoms with Crippen LogP contribution in [0.25, 0.3) is 0 Å². The van der Waals surface area contributed by atoms with Crippen LogP contribution in [0.2, 0.25) is 0 Å². The smallest absolute Gasteiger partial charge is 0.251 e. The SMILES string of the molecule is Cl.N[C@@H]1CCC[C@H]1CC(=O)Nc1ccc(C(=O)NCCc2ccccc2)cc1. The minimum Gasteiger partial charge on any atom is -0.352 e. The zero-order valence-electron chi connectivity index (χ0n) is 15.9. The van der Waals surface area contributed by atoms with Crippen LogP contribution in [0, 0.1) is 5.92 Å². The molecule has 0 heterocycles. The van der Waals surface area contributed by atoms with Gasteiger partial charge in [-0.2, -0.15) is 0 Å². The second-order valence-electron chi connectivity index (χ2n) is 7.18. The number of halogens is 1. The summed E-state index contributed by atoms with van der Waals surface area (Å²) in [5.74, 6) is 0.151. The molecule has 1 saturated carbocycles. The van der Waals surface area contributed by atoms with Crippen LogP contribution in [-0.4, -0.2) is 24.4 Å². The maximum absolute atomic E-state index is 12.2. The van der Waals surface area contributed by atoms with E-state index in [1.165, 1.54) is 5.56 Å². The van der Waals surface area contributed by atoms with E-state index in [-0.39, 0.29) is 36.2 Å². The molecule has 0 aromatic heterocycles. The van der Waals surface area contributed by atoms with E-state index in [2.05, 4.69) is 10.6 Å². The second kappa shape index (κ2) is 10.8. The fourth-order valence-electron chi connectivity index (χ4n) is 3.54. The Balaban J connectivity index is 0.00000280. The van der Waals surface area contributed by atoms with Crippen LogP contribution < -0.4 is 16.4 Å². The maximum atomic E-state index is 12.2. The molecule has 0 bridgehead atoms. The first-order valence-corrected chi connectivity index (χ1v) is 9.59. The summed E-state index contributed by atoms with van der Waals surface area (Å²) in [6.45, 7) is 0.586. The van der Waals surface area contributed by atoms with Gasteiger partial charge in [-0.3, -0.25) is 9.59 Å². The summed E-state index contributed by atoms with van der Waals surface area (Å²) in [6.07, 6.45) is 4.39. The summed E-state index contributed by atoms with van der Waals surface area (Å²) in [5.41, 5.74) is 8.50. The number of hydrogen-bond acceptors (Lipinski definition) is 3. The summed E-state index contributed by atoms with van der Waals surface area (Å²) in [6, 6.07) is 17.2. The van der Waals surface area contributed by atoms with Crippen molar-refractivity contribution in [3.05, 3.63) is 65.7 Å². The summed E-state index contributed by atoms with van der Waals surface area (Å²) >= 11 is 0. The number of benzene rings is 2. The van der Waals surface area contributed by atoms with Gasteiger partial charge in [0.1, 0.15) is 0 Å². The molecule has 2 atom stereocenters. The number of carbonyl (C=O) groups is 2. The highest BCUT2D eigenvalue weighted by atomic mass is 35.5. The Labute approximate surface area is 172 Å². The predicted octanol–water partition coefficient (Wildman–Crippen LogP) is 3.54. The Hall–Kier alpha value is -2.37. The van der Waals surface area contributed by atoms with Crippen LogP contribution in [0.1, 0.15) is 41.6 Å². The molecule has 0 spiro atoms. The van der Waals surface area contributed by atoms with E-state index in [9.17, 15) is 9.59 Å². The molecule has 4 N–H and O–H groups in total. The number of rotatable bonds is 7. The van der Waals surface area contributed by atoms with Crippen LogP contribution in [0.15, 0.2) is 54.6 Å². The van der Waals surface area contributed by atoms with Crippen molar-refractivity contribution >= 4 is 29.9 Å². The summed E-state index contributed by atoms with van der Waals surface area (Å²) in [4.78, 5) is 24.4. The molecule has 2 amide bonds. The van der Waals surface area contributed by atoms with Gasteiger partial charge in [0, 0.05) is 30.3 Å². The van der Waals surface area contributed by atoms with Crippen molar-refractivity contribution in [2.45, 2.75) is 38.1 Å². The first-order chi connectivity index (χ1) is 13.1. The van der Waals surface area contributed by atoms with Gasteiger partial charge in [0.2, 0.25) is 5.91 Å². The lowest BCUT2D eigenvalue weighted by Gasteiger charge is -2.14. The van der Waals surface area contributed by atoms with E-state index >= 15 is 0 Å². The molecular weight excluding hydrogens is 374 g/mol. The fraction of sp³-hybridized carbons (Fsp3) is 0.364. The van der Waals surface area contributed by atoms with Crippen LogP contribution in [0.3, 0.4) is 0 Å². The molecular formula is C22H28ClN3O2. The third kappa shape index (κ3) is 6.36. The molecule has 0 saturated heterocycles. The Kier molecular flexibility index (Phi) is 8.48. The maximum Gasteiger partial charge on any atom is 0.251 e. The lowest BCUT2D eigenvalue weighted by molar-refractivity contribution is -0.117. The number of anilines is 1. The minimum absolute atomic E-state index is 0. The average Bonchev–Trinajstić information content (AvgIpc) is 3.07. The molecule has 5 nitrogen and oxygen atoms in total. The van der Waals surface area contributed by atoms with Crippen molar-refractivity contribution in [1.29, 1.82) is 0 Å². The van der Waals surface area contributed by atoms with E-state index in [1.807, 2.05) is 30.3 Å². The third-order valence-corrected chi connectivity index (χ3v) is 5.14. The highest BCUT2D eigenvalue weighted by Crippen LogP contribution is 2.27. The first-order valence-electron chi connectivity index (χ1n) is 9.59. The minimum atomic E-state index is -0.110. The molecule has 6 heteroatoms. The number of nitrogens with two attached hydrogens (primary N) is 1. The largest absolute Gasteiger partial charge is 0.352 e. The second-order valence-corrected chi connectivity index (χ2v) is 7.18. The van der Waals surface area contributed by atoms with Gasteiger partial charge in [-0.1, -0.05) is 36.8 Å². The molecule has 2 aromatic carbocycles. The molecule has 0 aliphatic heterocycles. The zero-order valence-corrected chi connectivity index (χ0v) is 16.7. The van der Waals surface area contributed by atoms with Gasteiger partial charge in [0.15, 0.2) is 0 Å². The molecule has 150 valence electrons. The standard InChI is InChI=1S/C22H27N3O2.ClH/c23-20-8-4-7-18(20)15-21(26)25-19-11-9-17(10-12-19)22(27)24-14-13-16-5-2-1-3-6-16;/h1-3,5-6,9-12,18,20H,4,7-8,13-15,23H2,(H,24,27)(H,25,26);1H/t18-,20+;/m0./s1. The van der Waals surface area contributed by atoms with Gasteiger partial charge < -0.3 is 16.4 Å². The number of hydrogen-bond donors (Lipinski definition) is 3. The molecule has 1 aliphatic rings. The first kappa shape index (κ1) is 21.9. The van der Waals surface area contributed by atoms with E-state index < -0.39 is 0 Å². The molecule has 0 unspecified atom stereocenters. The van der Waals surface area contributed by atoms with Gasteiger partial charge in [-0.15, -0.1) is 12.4 Å². The lowest BCUT2D eigenvalue weighted by Crippen LogP contribution is -2.28. The Morgan fingerprint density at radius 2 is 1.71 bits per heavy atom. The van der Waals surface area contributed by atoms with Crippen molar-refractivity contribution in [2.24, 2.45) is 11.7 Å². The van der Waals surface area contributed by atoms with Crippen molar-refractivity contribution in [3.63, 3.8) is 0 Å². The summed E-state index contributed by atoms with van der Waals surface area (Å²) in [7, 11) is 0. The summed E-state index contributed by atoms with van der Waals surface area (Å²) < 4.78 is 0. The van der Waals surface area contributed by atoms with Gasteiger partial charge >= 0.3 is 0 Å². The Morgan fingerprint density at radius 3 is 2.36 bits per heavy atom. The molecule has 1 aliphatic carbocycles. The topological polar surface area (TPSA) is 84.2 Å². The van der Waals surface area contributed by atoms with Crippen LogP contribution >= 0.6 is 12.4 Å². The summed E-state index contributed by atoms with van der Waals surface area (Å²) in [5, 5.41) is 5.81. The lowest BCUT2D eigenvalue weighted by atomic mass is 10.00. The van der Waals surface area contributed by atoms with E-state index in [4.69, 9.17) is 5.73 Å². The molecule has 0 radical (unpaired) electrons. The van der Waals surface area contributed by atoms with Crippen molar-refractivity contribution in [3.8, 4) is 0 Å². The highest BCUT2D eigenvalue weighted by Gasteiger charge is 2.26. The highest BCUT2D eigenvalue weighted by molar-refractivity contribution is 5.95. The van der Waals surface area contributed by atoms with Gasteiger partial charge in [0.05, 0.1) is 0 Å². The average molecular weight is 402 g/mol. The van der Waals surface area contributed by atoms with Crippen molar-refractivity contribution < 1.29 is 9.59 Å². The zero-order chi connectivity index (χ0) is 19.1.